The van der Waals surface area contributed by atoms with Crippen molar-refractivity contribution in [2.24, 2.45) is 0 Å². The van der Waals surface area contributed by atoms with Crippen LogP contribution in [0.4, 0.5) is 23.4 Å². The molecule has 0 aliphatic heterocycles. The van der Waals surface area contributed by atoms with Crippen LogP contribution in [0.25, 0.3) is 0 Å². The zero-order valence-corrected chi connectivity index (χ0v) is 10.2. The molecule has 1 rings (SSSR count). The number of hydrogen-bond donors (Lipinski definition) is 1. The first-order valence-electron chi connectivity index (χ1n) is 5.34. The molecule has 0 fully saturated rings. The highest BCUT2D eigenvalue weighted by Crippen LogP contribution is 2.25. The molecule has 0 unspecified atom stereocenters. The summed E-state index contributed by atoms with van der Waals surface area (Å²) in [6, 6.07) is 0.00820. The van der Waals surface area contributed by atoms with Gasteiger partial charge in [-0.15, -0.1) is 0 Å². The molecule has 0 saturated carbocycles. The number of aromatic nitrogens is 1. The standard InChI is InChI=1S/C11H12F4N2O2/c1-6(2)17(5-11(13,14)15)9-8(10(18)19)3-7(12)4-16-9/h3-4,6H,5H2,1-2H3,(H,18,19). The normalized spacial score (nSPS) is 11.7. The Hall–Kier alpha value is -1.86. The molecule has 19 heavy (non-hydrogen) atoms. The fourth-order valence-electron chi connectivity index (χ4n) is 1.51. The Bertz CT molecular complexity index is 474. The summed E-state index contributed by atoms with van der Waals surface area (Å²) in [5, 5.41) is 8.90. The van der Waals surface area contributed by atoms with Crippen molar-refractivity contribution in [1.82, 2.24) is 4.98 Å². The zero-order valence-electron chi connectivity index (χ0n) is 10.2. The molecule has 1 aromatic heterocycles. The maximum absolute atomic E-state index is 12.9. The van der Waals surface area contributed by atoms with Gasteiger partial charge in [0, 0.05) is 6.04 Å². The van der Waals surface area contributed by atoms with E-state index >= 15 is 0 Å². The largest absolute Gasteiger partial charge is 0.478 e. The van der Waals surface area contributed by atoms with Gasteiger partial charge in [0.05, 0.1) is 6.20 Å². The lowest BCUT2D eigenvalue weighted by molar-refractivity contribution is -0.120. The van der Waals surface area contributed by atoms with Crippen molar-refractivity contribution in [3.63, 3.8) is 0 Å². The van der Waals surface area contributed by atoms with Gasteiger partial charge < -0.3 is 10.0 Å². The molecule has 0 aromatic carbocycles. The van der Waals surface area contributed by atoms with Crippen molar-refractivity contribution in [1.29, 1.82) is 0 Å². The quantitative estimate of drug-likeness (QED) is 0.861. The Morgan fingerprint density at radius 3 is 2.47 bits per heavy atom. The third-order valence-corrected chi connectivity index (χ3v) is 2.31. The van der Waals surface area contributed by atoms with Gasteiger partial charge in [0.25, 0.3) is 0 Å². The summed E-state index contributed by atoms with van der Waals surface area (Å²) in [5.74, 6) is -2.85. The molecule has 0 aliphatic rings. The van der Waals surface area contributed by atoms with Crippen molar-refractivity contribution >= 4 is 11.8 Å². The first-order chi connectivity index (χ1) is 8.61. The van der Waals surface area contributed by atoms with E-state index in [-0.39, 0.29) is 0 Å². The van der Waals surface area contributed by atoms with Crippen LogP contribution in [0.2, 0.25) is 0 Å². The average molecular weight is 280 g/mol. The minimum absolute atomic E-state index is 0.402. The van der Waals surface area contributed by atoms with E-state index in [9.17, 15) is 22.4 Å². The highest BCUT2D eigenvalue weighted by molar-refractivity contribution is 5.93. The number of nitrogens with zero attached hydrogens (tertiary/aromatic N) is 2. The molecule has 1 heterocycles. The van der Waals surface area contributed by atoms with E-state index in [0.29, 0.717) is 12.3 Å². The summed E-state index contributed by atoms with van der Waals surface area (Å²) >= 11 is 0. The molecular weight excluding hydrogens is 268 g/mol. The molecule has 0 amide bonds. The fraction of sp³-hybridized carbons (Fsp3) is 0.455. The van der Waals surface area contributed by atoms with Gasteiger partial charge >= 0.3 is 12.1 Å². The second kappa shape index (κ2) is 5.41. The van der Waals surface area contributed by atoms with Crippen molar-refractivity contribution < 1.29 is 27.5 Å². The number of carboxylic acids is 1. The van der Waals surface area contributed by atoms with E-state index < -0.39 is 41.9 Å². The van der Waals surface area contributed by atoms with Crippen molar-refractivity contribution in [2.45, 2.75) is 26.1 Å². The summed E-state index contributed by atoms with van der Waals surface area (Å²) in [6.45, 7) is 1.56. The van der Waals surface area contributed by atoms with E-state index in [4.69, 9.17) is 5.11 Å². The molecule has 0 bridgehead atoms. The first-order valence-corrected chi connectivity index (χ1v) is 5.34. The van der Waals surface area contributed by atoms with E-state index in [1.165, 1.54) is 13.8 Å². The molecule has 0 radical (unpaired) electrons. The lowest BCUT2D eigenvalue weighted by atomic mass is 10.2. The lowest BCUT2D eigenvalue weighted by Gasteiger charge is -2.29. The molecule has 106 valence electrons. The van der Waals surface area contributed by atoms with E-state index in [1.54, 1.807) is 0 Å². The number of alkyl halides is 3. The van der Waals surface area contributed by atoms with Crippen LogP contribution >= 0.6 is 0 Å². The molecular formula is C11H12F4N2O2. The smallest absolute Gasteiger partial charge is 0.405 e. The fourth-order valence-corrected chi connectivity index (χ4v) is 1.51. The Balaban J connectivity index is 3.27. The molecule has 0 spiro atoms. The summed E-state index contributed by atoms with van der Waals surface area (Å²) in [4.78, 5) is 15.2. The molecule has 1 N–H and O–H groups in total. The van der Waals surface area contributed by atoms with Gasteiger partial charge in [0.15, 0.2) is 0 Å². The Labute approximate surface area is 106 Å². The van der Waals surface area contributed by atoms with Gasteiger partial charge in [0.1, 0.15) is 23.7 Å². The van der Waals surface area contributed by atoms with Crippen molar-refractivity contribution in [3.8, 4) is 0 Å². The van der Waals surface area contributed by atoms with Gasteiger partial charge in [-0.05, 0) is 19.9 Å². The maximum Gasteiger partial charge on any atom is 0.405 e. The van der Waals surface area contributed by atoms with Crippen LogP contribution in [0.3, 0.4) is 0 Å². The summed E-state index contributed by atoms with van der Waals surface area (Å²) in [5.41, 5.74) is -0.599. The molecule has 0 atom stereocenters. The third kappa shape index (κ3) is 4.08. The SMILES string of the molecule is CC(C)N(CC(F)(F)F)c1ncc(F)cc1C(=O)O. The number of carboxylic acid groups (broad SMARTS) is 1. The predicted octanol–water partition coefficient (Wildman–Crippen LogP) is 2.70. The number of anilines is 1. The molecule has 0 aliphatic carbocycles. The van der Waals surface area contributed by atoms with Crippen LogP contribution in [0, 0.1) is 5.82 Å². The minimum Gasteiger partial charge on any atom is -0.478 e. The maximum atomic E-state index is 12.9. The number of halogens is 4. The second-order valence-electron chi connectivity index (χ2n) is 4.17. The summed E-state index contributed by atoms with van der Waals surface area (Å²) in [6.07, 6.45) is -3.83. The van der Waals surface area contributed by atoms with Gasteiger partial charge in [-0.2, -0.15) is 13.2 Å². The second-order valence-corrected chi connectivity index (χ2v) is 4.17. The minimum atomic E-state index is -4.52. The molecule has 1 aromatic rings. The van der Waals surface area contributed by atoms with Crippen molar-refractivity contribution in [2.75, 3.05) is 11.4 Å². The lowest BCUT2D eigenvalue weighted by Crippen LogP contribution is -2.40. The van der Waals surface area contributed by atoms with Crippen LogP contribution in [0.5, 0.6) is 0 Å². The highest BCUT2D eigenvalue weighted by atomic mass is 19.4. The Morgan fingerprint density at radius 1 is 1.47 bits per heavy atom. The van der Waals surface area contributed by atoms with Gasteiger partial charge in [-0.3, -0.25) is 0 Å². The van der Waals surface area contributed by atoms with E-state index in [0.717, 1.165) is 4.90 Å². The number of aromatic carboxylic acids is 1. The Kier molecular flexibility index (Phi) is 4.33. The van der Waals surface area contributed by atoms with Crippen LogP contribution in [0.1, 0.15) is 24.2 Å². The van der Waals surface area contributed by atoms with Gasteiger partial charge in [-0.1, -0.05) is 0 Å². The third-order valence-electron chi connectivity index (χ3n) is 2.31. The van der Waals surface area contributed by atoms with E-state index in [2.05, 4.69) is 4.98 Å². The molecule has 4 nitrogen and oxygen atoms in total. The van der Waals surface area contributed by atoms with Crippen LogP contribution in [-0.4, -0.2) is 34.8 Å². The average Bonchev–Trinajstić information content (AvgIpc) is 2.24. The molecule has 0 saturated heterocycles. The summed E-state index contributed by atoms with van der Waals surface area (Å²) < 4.78 is 50.4. The number of pyridine rings is 1. The van der Waals surface area contributed by atoms with Gasteiger partial charge in [0.2, 0.25) is 0 Å². The number of carbonyl (C=O) groups is 1. The predicted molar refractivity (Wildman–Crippen MR) is 59.7 cm³/mol. The first kappa shape index (κ1) is 15.2. The van der Waals surface area contributed by atoms with Gasteiger partial charge in [-0.25, -0.2) is 14.2 Å². The topological polar surface area (TPSA) is 53.4 Å². The van der Waals surface area contributed by atoms with Crippen LogP contribution in [0.15, 0.2) is 12.3 Å². The van der Waals surface area contributed by atoms with Crippen molar-refractivity contribution in [3.05, 3.63) is 23.6 Å². The van der Waals surface area contributed by atoms with Crippen LogP contribution in [-0.2, 0) is 0 Å². The Morgan fingerprint density at radius 2 is 2.05 bits per heavy atom. The number of hydrogen-bond acceptors (Lipinski definition) is 3. The van der Waals surface area contributed by atoms with E-state index in [1.807, 2.05) is 0 Å². The summed E-state index contributed by atoms with van der Waals surface area (Å²) in [7, 11) is 0. The highest BCUT2D eigenvalue weighted by Gasteiger charge is 2.34. The number of rotatable bonds is 4. The molecule has 8 heteroatoms. The monoisotopic (exact) mass is 280 g/mol. The zero-order chi connectivity index (χ0) is 14.8. The van der Waals surface area contributed by atoms with Crippen LogP contribution < -0.4 is 4.90 Å².